The molecule has 0 N–H and O–H groups in total. The molecule has 4 heteroatoms. The van der Waals surface area contributed by atoms with Gasteiger partial charge in [0, 0.05) is 49.1 Å². The van der Waals surface area contributed by atoms with Crippen LogP contribution in [0.4, 0.5) is 11.4 Å². The topological polar surface area (TPSA) is 21.9 Å². The van der Waals surface area contributed by atoms with Gasteiger partial charge < -0.3 is 9.80 Å². The summed E-state index contributed by atoms with van der Waals surface area (Å²) in [6, 6.07) is 15.8. The first-order chi connectivity index (χ1) is 15.2. The standard InChI is InChI=1S/C27H28N4/c1-15-19-9-20(16(2)29-14-25-26-27(29)31(25)26)11-21(15)28-22(10-19)24-12-18-5-3-4-6-23(18)30(24)13-17-7-8-17/h3-6,9,11,17,24-27H,2,7-8,10,12-14H2,1H3. The first kappa shape index (κ1) is 17.0. The highest BCUT2D eigenvalue weighted by Crippen LogP contribution is 2.61. The maximum Gasteiger partial charge on any atom is 0.100 e. The molecule has 4 bridgehead atoms. The number of para-hydroxylation sites is 1. The molecule has 5 unspecified atom stereocenters. The summed E-state index contributed by atoms with van der Waals surface area (Å²) in [5.74, 6) is 0.872. The molecule has 2 aromatic carbocycles. The molecular formula is C27H28N4. The third-order valence-electron chi connectivity index (χ3n) is 8.69. The van der Waals surface area contributed by atoms with E-state index < -0.39 is 0 Å². The van der Waals surface area contributed by atoms with Crippen LogP contribution in [0.15, 0.2) is 48.0 Å². The van der Waals surface area contributed by atoms with Gasteiger partial charge in [0.05, 0.1) is 17.8 Å². The number of rotatable bonds is 5. The second-order valence-corrected chi connectivity index (χ2v) is 10.5. The summed E-state index contributed by atoms with van der Waals surface area (Å²) in [7, 11) is 0. The van der Waals surface area contributed by atoms with Crippen LogP contribution in [0, 0.1) is 12.8 Å². The fraction of sp³-hybridized carbons (Fsp3) is 0.444. The summed E-state index contributed by atoms with van der Waals surface area (Å²) in [5.41, 5.74) is 10.7. The zero-order chi connectivity index (χ0) is 20.4. The Kier molecular flexibility index (Phi) is 3.08. The normalized spacial score (nSPS) is 33.2. The molecular weight excluding hydrogens is 380 g/mol. The molecule has 2 aromatic rings. The Labute approximate surface area is 183 Å². The molecule has 6 heterocycles. The van der Waals surface area contributed by atoms with Gasteiger partial charge in [0.15, 0.2) is 0 Å². The monoisotopic (exact) mass is 408 g/mol. The highest BCUT2D eigenvalue weighted by atomic mass is 15.7. The molecule has 156 valence electrons. The molecule has 4 saturated heterocycles. The number of nitrogens with zero attached hydrogens (tertiary/aromatic N) is 4. The van der Waals surface area contributed by atoms with Crippen molar-refractivity contribution < 1.29 is 0 Å². The molecule has 4 nitrogen and oxygen atoms in total. The van der Waals surface area contributed by atoms with E-state index in [2.05, 4.69) is 64.6 Å². The molecule has 0 spiro atoms. The molecule has 5 fully saturated rings. The third-order valence-corrected chi connectivity index (χ3v) is 8.69. The van der Waals surface area contributed by atoms with Crippen molar-refractivity contribution in [2.45, 2.75) is 56.9 Å². The Bertz CT molecular complexity index is 1170. The van der Waals surface area contributed by atoms with Crippen LogP contribution in [0.2, 0.25) is 0 Å². The number of fused-ring (bicyclic) bond motifs is 4. The number of anilines is 1. The van der Waals surface area contributed by atoms with Gasteiger partial charge in [0.2, 0.25) is 0 Å². The van der Waals surface area contributed by atoms with E-state index >= 15 is 0 Å². The van der Waals surface area contributed by atoms with Crippen LogP contribution in [0.3, 0.4) is 0 Å². The van der Waals surface area contributed by atoms with Gasteiger partial charge >= 0.3 is 0 Å². The van der Waals surface area contributed by atoms with Crippen LogP contribution < -0.4 is 4.90 Å². The van der Waals surface area contributed by atoms with Crippen LogP contribution in [0.1, 0.15) is 35.1 Å². The van der Waals surface area contributed by atoms with Gasteiger partial charge in [0.25, 0.3) is 0 Å². The summed E-state index contributed by atoms with van der Waals surface area (Å²) >= 11 is 0. The summed E-state index contributed by atoms with van der Waals surface area (Å²) in [5, 5.41) is 0. The van der Waals surface area contributed by atoms with E-state index in [9.17, 15) is 0 Å². The smallest absolute Gasteiger partial charge is 0.100 e. The summed E-state index contributed by atoms with van der Waals surface area (Å²) in [6.45, 7) is 9.08. The van der Waals surface area contributed by atoms with Crippen molar-refractivity contribution in [3.8, 4) is 0 Å². The molecule has 7 aliphatic rings. The molecule has 1 aliphatic carbocycles. The Morgan fingerprint density at radius 2 is 2.00 bits per heavy atom. The second-order valence-electron chi connectivity index (χ2n) is 10.5. The average molecular weight is 409 g/mol. The largest absolute Gasteiger partial charge is 0.362 e. The van der Waals surface area contributed by atoms with Crippen LogP contribution in [0.25, 0.3) is 5.70 Å². The molecule has 31 heavy (non-hydrogen) atoms. The van der Waals surface area contributed by atoms with Crippen molar-refractivity contribution in [2.24, 2.45) is 10.9 Å². The molecule has 6 aliphatic heterocycles. The average Bonchev–Trinajstić information content (AvgIpc) is 3.71. The number of benzene rings is 2. The van der Waals surface area contributed by atoms with Crippen molar-refractivity contribution in [1.29, 1.82) is 0 Å². The number of aliphatic imine (C=N–C) groups is 1. The fourth-order valence-electron chi connectivity index (χ4n) is 6.52. The van der Waals surface area contributed by atoms with Crippen molar-refractivity contribution in [3.63, 3.8) is 0 Å². The summed E-state index contributed by atoms with van der Waals surface area (Å²) in [4.78, 5) is 13.1. The van der Waals surface area contributed by atoms with Crippen molar-refractivity contribution in [2.75, 3.05) is 18.0 Å². The van der Waals surface area contributed by atoms with E-state index in [0.717, 1.165) is 43.1 Å². The zero-order valence-electron chi connectivity index (χ0n) is 18.1. The lowest BCUT2D eigenvalue weighted by atomic mass is 9.90. The van der Waals surface area contributed by atoms with Crippen LogP contribution in [-0.4, -0.2) is 52.9 Å². The molecule has 0 aromatic heterocycles. The Morgan fingerprint density at radius 1 is 1.16 bits per heavy atom. The maximum atomic E-state index is 5.29. The van der Waals surface area contributed by atoms with E-state index in [1.165, 1.54) is 58.7 Å². The van der Waals surface area contributed by atoms with Crippen LogP contribution >= 0.6 is 0 Å². The predicted octanol–water partition coefficient (Wildman–Crippen LogP) is 4.14. The highest BCUT2D eigenvalue weighted by Gasteiger charge is 2.79. The summed E-state index contributed by atoms with van der Waals surface area (Å²) in [6.07, 6.45) is 5.50. The number of hydrogen-bond acceptors (Lipinski definition) is 4. The van der Waals surface area contributed by atoms with Gasteiger partial charge in [-0.05, 0) is 66.1 Å². The van der Waals surface area contributed by atoms with Gasteiger partial charge in [-0.3, -0.25) is 9.89 Å². The maximum absolute atomic E-state index is 5.29. The lowest BCUT2D eigenvalue weighted by molar-refractivity contribution is 0.442. The summed E-state index contributed by atoms with van der Waals surface area (Å²) < 4.78 is 0. The quantitative estimate of drug-likeness (QED) is 0.694. The molecule has 5 atom stereocenters. The Hall–Kier alpha value is -2.59. The second kappa shape index (κ2) is 5.60. The minimum Gasteiger partial charge on any atom is -0.362 e. The van der Waals surface area contributed by atoms with Gasteiger partial charge in [-0.15, -0.1) is 0 Å². The van der Waals surface area contributed by atoms with Gasteiger partial charge in [-0.2, -0.15) is 0 Å². The fourth-order valence-corrected chi connectivity index (χ4v) is 6.52. The zero-order valence-corrected chi connectivity index (χ0v) is 18.1. The number of hydrogen-bond donors (Lipinski definition) is 0. The van der Waals surface area contributed by atoms with Crippen molar-refractivity contribution in [3.05, 3.63) is 65.2 Å². The van der Waals surface area contributed by atoms with Crippen LogP contribution in [0.5, 0.6) is 0 Å². The minimum atomic E-state index is 0.407. The van der Waals surface area contributed by atoms with E-state index in [1.54, 1.807) is 0 Å². The van der Waals surface area contributed by atoms with E-state index in [0.29, 0.717) is 12.2 Å². The first-order valence-corrected chi connectivity index (χ1v) is 12.0. The van der Waals surface area contributed by atoms with Crippen molar-refractivity contribution >= 4 is 22.8 Å². The van der Waals surface area contributed by atoms with Gasteiger partial charge in [-0.25, -0.2) is 0 Å². The van der Waals surface area contributed by atoms with E-state index in [1.807, 2.05) is 0 Å². The van der Waals surface area contributed by atoms with E-state index in [4.69, 9.17) is 4.99 Å². The SMILES string of the molecule is C=C(c1cc2c(C)c(c1)N=C(C1Cc3ccccc3N1CC1CC1)C2)N1CC2C3C1N23. The first-order valence-electron chi connectivity index (χ1n) is 12.0. The van der Waals surface area contributed by atoms with Crippen molar-refractivity contribution in [1.82, 2.24) is 9.80 Å². The van der Waals surface area contributed by atoms with E-state index in [-0.39, 0.29) is 0 Å². The molecule has 0 amide bonds. The van der Waals surface area contributed by atoms with Gasteiger partial charge in [-0.1, -0.05) is 24.8 Å². The molecule has 1 saturated carbocycles. The van der Waals surface area contributed by atoms with Crippen LogP contribution in [-0.2, 0) is 12.8 Å². The molecule has 9 rings (SSSR count). The minimum absolute atomic E-state index is 0.407. The third kappa shape index (κ3) is 2.32. The highest BCUT2D eigenvalue weighted by molar-refractivity contribution is 6.00. The Balaban J connectivity index is 1.13. The predicted molar refractivity (Wildman–Crippen MR) is 125 cm³/mol. The molecule has 0 radical (unpaired) electrons. The number of piperazine rings is 1. The lowest BCUT2D eigenvalue weighted by Crippen LogP contribution is -2.41. The lowest BCUT2D eigenvalue weighted by Gasteiger charge is -2.31. The van der Waals surface area contributed by atoms with Gasteiger partial charge in [0.1, 0.15) is 6.17 Å². The Morgan fingerprint density at radius 3 is 2.74 bits per heavy atom.